The number of carbonyl (C=O) groups excluding carboxylic acids is 3. The predicted molar refractivity (Wildman–Crippen MR) is 114 cm³/mol. The molecule has 1 atom stereocenters. The lowest BCUT2D eigenvalue weighted by Crippen LogP contribution is -2.43. The molecule has 3 N–H and O–H groups in total. The number of carboxylic acids is 1. The molecule has 0 fully saturated rings. The van der Waals surface area contributed by atoms with Gasteiger partial charge in [-0.2, -0.15) is 0 Å². The van der Waals surface area contributed by atoms with Crippen LogP contribution in [0.3, 0.4) is 0 Å². The average molecular weight is 440 g/mol. The van der Waals surface area contributed by atoms with Crippen LogP contribution in [0.1, 0.15) is 29.9 Å². The summed E-state index contributed by atoms with van der Waals surface area (Å²) in [4.78, 5) is 46.4. The van der Waals surface area contributed by atoms with Gasteiger partial charge < -0.3 is 25.2 Å². The highest BCUT2D eigenvalue weighted by molar-refractivity contribution is 5.87. The van der Waals surface area contributed by atoms with E-state index in [4.69, 9.17) is 9.84 Å². The molecule has 0 bridgehead atoms. The average Bonchev–Trinajstić information content (AvgIpc) is 3.10. The van der Waals surface area contributed by atoms with Crippen LogP contribution in [-0.4, -0.2) is 55.3 Å². The lowest BCUT2D eigenvalue weighted by Gasteiger charge is -2.15. The monoisotopic (exact) mass is 440 g/mol. The van der Waals surface area contributed by atoms with Crippen molar-refractivity contribution in [2.75, 3.05) is 20.3 Å². The van der Waals surface area contributed by atoms with E-state index in [9.17, 15) is 19.2 Å². The number of methoxy groups -OCH3 is 1. The van der Waals surface area contributed by atoms with Crippen molar-refractivity contribution in [3.63, 3.8) is 0 Å². The number of aliphatic carboxylic acids is 1. The van der Waals surface area contributed by atoms with Crippen LogP contribution in [-0.2, 0) is 23.9 Å². The summed E-state index contributed by atoms with van der Waals surface area (Å²) in [5.74, 6) is -2.81. The first-order valence-corrected chi connectivity index (χ1v) is 10.1. The second-order valence-electron chi connectivity index (χ2n) is 7.24. The Bertz CT molecular complexity index is 975. The van der Waals surface area contributed by atoms with E-state index < -0.39 is 36.4 Å². The summed E-state index contributed by atoms with van der Waals surface area (Å²) in [6.45, 7) is 0.0966. The van der Waals surface area contributed by atoms with Gasteiger partial charge in [-0.25, -0.2) is 9.59 Å². The third kappa shape index (κ3) is 5.42. The van der Waals surface area contributed by atoms with Gasteiger partial charge in [-0.1, -0.05) is 48.5 Å². The van der Waals surface area contributed by atoms with Gasteiger partial charge >= 0.3 is 18.0 Å². The quantitative estimate of drug-likeness (QED) is 0.509. The molecule has 32 heavy (non-hydrogen) atoms. The zero-order chi connectivity index (χ0) is 23.1. The predicted octanol–water partition coefficient (Wildman–Crippen LogP) is 2.05. The maximum atomic E-state index is 12.1. The van der Waals surface area contributed by atoms with E-state index in [0.29, 0.717) is 0 Å². The Morgan fingerprint density at radius 2 is 1.59 bits per heavy atom. The topological polar surface area (TPSA) is 131 Å². The number of ether oxygens (including phenoxy) is 2. The number of carboxylic acid groups (broad SMARTS) is 1. The molecule has 0 radical (unpaired) electrons. The molecule has 2 aromatic carbocycles. The number of amides is 2. The summed E-state index contributed by atoms with van der Waals surface area (Å²) in [5, 5.41) is 13.8. The standard InChI is InChI=1S/C23H24N2O7/c1-31-21(27)12-19(22(28)29)25-20(26)10-11-24-23(30)32-13-18-16-8-4-2-6-14(16)15-7-3-5-9-17(15)18/h2-9,18-19H,10-13H2,1H3,(H,24,30)(H,25,26)(H,28,29)/t19-/m1/s1. The maximum Gasteiger partial charge on any atom is 0.407 e. The van der Waals surface area contributed by atoms with Crippen molar-refractivity contribution in [1.29, 1.82) is 0 Å². The fraction of sp³-hybridized carbons (Fsp3) is 0.304. The van der Waals surface area contributed by atoms with Gasteiger partial charge in [0.2, 0.25) is 5.91 Å². The van der Waals surface area contributed by atoms with E-state index in [1.807, 2.05) is 48.5 Å². The second kappa shape index (κ2) is 10.4. The lowest BCUT2D eigenvalue weighted by atomic mass is 9.98. The number of alkyl carbamates (subject to hydrolysis) is 1. The SMILES string of the molecule is COC(=O)C[C@@H](NC(=O)CCNC(=O)OCC1c2ccccc2-c2ccccc21)C(=O)O. The highest BCUT2D eigenvalue weighted by Crippen LogP contribution is 2.44. The molecule has 1 aliphatic carbocycles. The highest BCUT2D eigenvalue weighted by atomic mass is 16.5. The van der Waals surface area contributed by atoms with E-state index in [-0.39, 0.29) is 25.5 Å². The Labute approximate surface area is 184 Å². The van der Waals surface area contributed by atoms with Crippen LogP contribution in [0.2, 0.25) is 0 Å². The maximum absolute atomic E-state index is 12.1. The van der Waals surface area contributed by atoms with Gasteiger partial charge in [0.1, 0.15) is 12.6 Å². The minimum atomic E-state index is -1.40. The Hall–Kier alpha value is -3.88. The van der Waals surface area contributed by atoms with E-state index in [1.54, 1.807) is 0 Å². The van der Waals surface area contributed by atoms with Crippen LogP contribution in [0.5, 0.6) is 0 Å². The van der Waals surface area contributed by atoms with Crippen molar-refractivity contribution >= 4 is 23.9 Å². The van der Waals surface area contributed by atoms with Crippen molar-refractivity contribution in [2.24, 2.45) is 0 Å². The molecule has 0 aliphatic heterocycles. The van der Waals surface area contributed by atoms with Crippen LogP contribution in [0, 0.1) is 0 Å². The molecule has 0 spiro atoms. The van der Waals surface area contributed by atoms with E-state index in [0.717, 1.165) is 29.4 Å². The number of benzene rings is 2. The zero-order valence-electron chi connectivity index (χ0n) is 17.5. The number of hydrogen-bond donors (Lipinski definition) is 3. The summed E-state index contributed by atoms with van der Waals surface area (Å²) in [6.07, 6.45) is -1.34. The van der Waals surface area contributed by atoms with Gasteiger partial charge in [-0.3, -0.25) is 9.59 Å². The summed E-state index contributed by atoms with van der Waals surface area (Å²) >= 11 is 0. The van der Waals surface area contributed by atoms with Crippen LogP contribution in [0.15, 0.2) is 48.5 Å². The fourth-order valence-corrected chi connectivity index (χ4v) is 3.64. The number of esters is 1. The van der Waals surface area contributed by atoms with Gasteiger partial charge in [-0.05, 0) is 22.3 Å². The fourth-order valence-electron chi connectivity index (χ4n) is 3.64. The summed E-state index contributed by atoms with van der Waals surface area (Å²) in [5.41, 5.74) is 4.42. The first-order chi connectivity index (χ1) is 15.4. The van der Waals surface area contributed by atoms with Crippen LogP contribution in [0.4, 0.5) is 4.79 Å². The molecule has 0 unspecified atom stereocenters. The van der Waals surface area contributed by atoms with E-state index in [2.05, 4.69) is 15.4 Å². The molecule has 0 aromatic heterocycles. The third-order valence-electron chi connectivity index (χ3n) is 5.20. The Morgan fingerprint density at radius 3 is 2.16 bits per heavy atom. The number of hydrogen-bond acceptors (Lipinski definition) is 6. The first kappa shape index (κ1) is 22.8. The van der Waals surface area contributed by atoms with Crippen molar-refractivity contribution in [2.45, 2.75) is 24.8 Å². The summed E-state index contributed by atoms with van der Waals surface area (Å²) < 4.78 is 9.78. The Morgan fingerprint density at radius 1 is 1.00 bits per heavy atom. The van der Waals surface area contributed by atoms with Crippen LogP contribution in [0.25, 0.3) is 11.1 Å². The van der Waals surface area contributed by atoms with Gasteiger partial charge in [0.15, 0.2) is 0 Å². The third-order valence-corrected chi connectivity index (χ3v) is 5.20. The molecule has 0 heterocycles. The molecule has 0 saturated heterocycles. The molecule has 2 aromatic rings. The van der Waals surface area contributed by atoms with Crippen LogP contribution >= 0.6 is 0 Å². The minimum absolute atomic E-state index is 0.0485. The largest absolute Gasteiger partial charge is 0.480 e. The molecule has 2 amide bonds. The number of rotatable bonds is 9. The Kier molecular flexibility index (Phi) is 7.43. The summed E-state index contributed by atoms with van der Waals surface area (Å²) in [6, 6.07) is 14.5. The van der Waals surface area contributed by atoms with Crippen molar-refractivity contribution in [3.05, 3.63) is 59.7 Å². The number of fused-ring (bicyclic) bond motifs is 3. The van der Waals surface area contributed by atoms with Gasteiger partial charge in [-0.15, -0.1) is 0 Å². The van der Waals surface area contributed by atoms with Gasteiger partial charge in [0.25, 0.3) is 0 Å². The van der Waals surface area contributed by atoms with E-state index >= 15 is 0 Å². The highest BCUT2D eigenvalue weighted by Gasteiger charge is 2.29. The second-order valence-corrected chi connectivity index (χ2v) is 7.24. The number of carbonyl (C=O) groups is 4. The lowest BCUT2D eigenvalue weighted by molar-refractivity contribution is -0.148. The van der Waals surface area contributed by atoms with Crippen LogP contribution < -0.4 is 10.6 Å². The number of nitrogens with one attached hydrogen (secondary N) is 2. The van der Waals surface area contributed by atoms with E-state index in [1.165, 1.54) is 0 Å². The molecular weight excluding hydrogens is 416 g/mol. The molecule has 9 heteroatoms. The molecule has 3 rings (SSSR count). The van der Waals surface area contributed by atoms with Crippen molar-refractivity contribution in [3.8, 4) is 11.1 Å². The van der Waals surface area contributed by atoms with Gasteiger partial charge in [0, 0.05) is 18.9 Å². The Balaban J connectivity index is 1.46. The summed E-state index contributed by atoms with van der Waals surface area (Å²) in [7, 11) is 1.13. The normalized spacial score (nSPS) is 12.8. The molecule has 1 aliphatic rings. The molecular formula is C23H24N2O7. The first-order valence-electron chi connectivity index (χ1n) is 10.1. The minimum Gasteiger partial charge on any atom is -0.480 e. The zero-order valence-corrected chi connectivity index (χ0v) is 17.5. The van der Waals surface area contributed by atoms with Crippen molar-refractivity contribution in [1.82, 2.24) is 10.6 Å². The molecule has 168 valence electrons. The smallest absolute Gasteiger partial charge is 0.407 e. The molecule has 9 nitrogen and oxygen atoms in total. The van der Waals surface area contributed by atoms with Gasteiger partial charge in [0.05, 0.1) is 13.5 Å². The molecule has 0 saturated carbocycles. The van der Waals surface area contributed by atoms with Crippen molar-refractivity contribution < 1.29 is 33.8 Å².